The van der Waals surface area contributed by atoms with Crippen LogP contribution in [0.3, 0.4) is 0 Å². The molecule has 5 heteroatoms. The lowest BCUT2D eigenvalue weighted by molar-refractivity contribution is 0.0877. The molecule has 1 atom stereocenters. The molecule has 1 fully saturated rings. The highest BCUT2D eigenvalue weighted by Crippen LogP contribution is 2.22. The highest BCUT2D eigenvalue weighted by atomic mass is 16.1. The maximum Gasteiger partial charge on any atom is 0.254 e. The van der Waals surface area contributed by atoms with Crippen molar-refractivity contribution in [3.05, 3.63) is 24.3 Å². The van der Waals surface area contributed by atoms with Crippen molar-refractivity contribution in [3.63, 3.8) is 0 Å². The smallest absolute Gasteiger partial charge is 0.254 e. The number of amides is 1. The van der Waals surface area contributed by atoms with Gasteiger partial charge in [-0.25, -0.2) is 9.97 Å². The highest BCUT2D eigenvalue weighted by Gasteiger charge is 2.29. The molecule has 1 N–H and O–H groups in total. The summed E-state index contributed by atoms with van der Waals surface area (Å²) < 4.78 is 0. The third-order valence-electron chi connectivity index (χ3n) is 3.81. The Morgan fingerprint density at radius 3 is 2.45 bits per heavy atom. The molecule has 1 aromatic heterocycles. The van der Waals surface area contributed by atoms with Gasteiger partial charge in [0.25, 0.3) is 5.91 Å². The van der Waals surface area contributed by atoms with Crippen molar-refractivity contribution in [2.45, 2.75) is 39.7 Å². The van der Waals surface area contributed by atoms with Crippen LogP contribution in [0.25, 0.3) is 0 Å². The van der Waals surface area contributed by atoms with Crippen LogP contribution in [0.4, 0.5) is 0 Å². The first kappa shape index (κ1) is 14.9. The number of carbonyl (C=O) groups excluding carboxylic acids is 1. The Kier molecular flexibility index (Phi) is 4.70. The van der Waals surface area contributed by atoms with Crippen LogP contribution in [0.5, 0.6) is 0 Å². The van der Waals surface area contributed by atoms with Gasteiger partial charge in [-0.15, -0.1) is 0 Å². The van der Waals surface area contributed by atoms with Gasteiger partial charge in [0, 0.05) is 25.0 Å². The number of carbonyl (C=O) groups is 1. The van der Waals surface area contributed by atoms with E-state index >= 15 is 0 Å². The molecule has 1 aliphatic rings. The third kappa shape index (κ3) is 4.00. The zero-order valence-corrected chi connectivity index (χ0v) is 12.6. The van der Waals surface area contributed by atoms with E-state index in [2.05, 4.69) is 41.0 Å². The summed E-state index contributed by atoms with van der Waals surface area (Å²) in [7, 11) is 0. The van der Waals surface area contributed by atoms with Crippen LogP contribution in [-0.2, 0) is 0 Å². The fourth-order valence-corrected chi connectivity index (χ4v) is 2.42. The van der Waals surface area contributed by atoms with Crippen molar-refractivity contribution in [2.24, 2.45) is 5.41 Å². The first-order valence-electron chi connectivity index (χ1n) is 7.25. The van der Waals surface area contributed by atoms with Crippen molar-refractivity contribution in [1.29, 1.82) is 0 Å². The maximum absolute atomic E-state index is 12.3. The van der Waals surface area contributed by atoms with E-state index in [4.69, 9.17) is 0 Å². The summed E-state index contributed by atoms with van der Waals surface area (Å²) in [5.41, 5.74) is 0.539. The van der Waals surface area contributed by atoms with Crippen molar-refractivity contribution >= 4 is 5.91 Å². The molecule has 1 saturated heterocycles. The zero-order chi connectivity index (χ0) is 14.6. The minimum Gasteiger partial charge on any atom is -0.347 e. The molecular weight excluding hydrogens is 252 g/mol. The molecule has 5 nitrogen and oxygen atoms in total. The Balaban J connectivity index is 2.02. The van der Waals surface area contributed by atoms with E-state index in [1.165, 1.54) is 19.2 Å². The average molecular weight is 276 g/mol. The van der Waals surface area contributed by atoms with Gasteiger partial charge >= 0.3 is 0 Å². The van der Waals surface area contributed by atoms with Gasteiger partial charge in [-0.2, -0.15) is 0 Å². The molecule has 110 valence electrons. The SMILES string of the molecule is CC(C)(C)[C@H](CN1CCCC1)NC(=O)c1cncnc1. The summed E-state index contributed by atoms with van der Waals surface area (Å²) in [6.45, 7) is 9.66. The Labute approximate surface area is 120 Å². The molecule has 1 amide bonds. The van der Waals surface area contributed by atoms with E-state index in [1.807, 2.05) is 0 Å². The topological polar surface area (TPSA) is 58.1 Å². The largest absolute Gasteiger partial charge is 0.347 e. The molecular formula is C15H24N4O. The van der Waals surface area contributed by atoms with E-state index in [0.29, 0.717) is 5.56 Å². The third-order valence-corrected chi connectivity index (χ3v) is 3.81. The molecule has 0 spiro atoms. The van der Waals surface area contributed by atoms with Crippen LogP contribution in [0.1, 0.15) is 44.0 Å². The fraction of sp³-hybridized carbons (Fsp3) is 0.667. The summed E-state index contributed by atoms with van der Waals surface area (Å²) in [5, 5.41) is 3.14. The maximum atomic E-state index is 12.3. The van der Waals surface area contributed by atoms with Gasteiger partial charge in [0.2, 0.25) is 0 Å². The minimum absolute atomic E-state index is 0.0217. The van der Waals surface area contributed by atoms with Gasteiger partial charge in [0.15, 0.2) is 0 Å². The second-order valence-electron chi connectivity index (χ2n) is 6.53. The number of likely N-dealkylation sites (tertiary alicyclic amines) is 1. The highest BCUT2D eigenvalue weighted by molar-refractivity contribution is 5.93. The first-order chi connectivity index (χ1) is 9.47. The molecule has 2 heterocycles. The lowest BCUT2D eigenvalue weighted by Gasteiger charge is -2.34. The number of hydrogen-bond acceptors (Lipinski definition) is 4. The number of hydrogen-bond donors (Lipinski definition) is 1. The van der Waals surface area contributed by atoms with Crippen LogP contribution >= 0.6 is 0 Å². The molecule has 2 rings (SSSR count). The molecule has 0 bridgehead atoms. The van der Waals surface area contributed by atoms with Gasteiger partial charge in [-0.1, -0.05) is 20.8 Å². The van der Waals surface area contributed by atoms with Gasteiger partial charge in [0.1, 0.15) is 6.33 Å². The molecule has 1 aromatic rings. The van der Waals surface area contributed by atoms with Crippen LogP contribution in [0, 0.1) is 5.41 Å². The second kappa shape index (κ2) is 6.31. The standard InChI is InChI=1S/C15H24N4O/c1-15(2,3)13(10-19-6-4-5-7-19)18-14(20)12-8-16-11-17-9-12/h8-9,11,13H,4-7,10H2,1-3H3,(H,18,20)/t13-/m0/s1. The molecule has 0 aromatic carbocycles. The van der Waals surface area contributed by atoms with Gasteiger partial charge < -0.3 is 10.2 Å². The van der Waals surface area contributed by atoms with E-state index in [1.54, 1.807) is 12.4 Å². The van der Waals surface area contributed by atoms with Gasteiger partial charge in [0.05, 0.1) is 5.56 Å². The minimum atomic E-state index is -0.0929. The fourth-order valence-electron chi connectivity index (χ4n) is 2.42. The summed E-state index contributed by atoms with van der Waals surface area (Å²) >= 11 is 0. The van der Waals surface area contributed by atoms with Crippen molar-refractivity contribution in [2.75, 3.05) is 19.6 Å². The van der Waals surface area contributed by atoms with Crippen LogP contribution in [-0.4, -0.2) is 46.5 Å². The number of aromatic nitrogens is 2. The molecule has 0 saturated carbocycles. The van der Waals surface area contributed by atoms with Crippen molar-refractivity contribution in [1.82, 2.24) is 20.2 Å². The number of nitrogens with one attached hydrogen (secondary N) is 1. The Hall–Kier alpha value is -1.49. The van der Waals surface area contributed by atoms with Crippen LogP contribution in [0.2, 0.25) is 0 Å². The predicted molar refractivity (Wildman–Crippen MR) is 78.4 cm³/mol. The van der Waals surface area contributed by atoms with Crippen LogP contribution in [0.15, 0.2) is 18.7 Å². The van der Waals surface area contributed by atoms with E-state index in [-0.39, 0.29) is 17.4 Å². The Morgan fingerprint density at radius 2 is 1.90 bits per heavy atom. The molecule has 20 heavy (non-hydrogen) atoms. The van der Waals surface area contributed by atoms with Crippen molar-refractivity contribution in [3.8, 4) is 0 Å². The predicted octanol–water partition coefficient (Wildman–Crippen LogP) is 1.72. The second-order valence-corrected chi connectivity index (χ2v) is 6.53. The molecule has 1 aliphatic heterocycles. The Morgan fingerprint density at radius 1 is 1.30 bits per heavy atom. The Bertz CT molecular complexity index is 435. The number of rotatable bonds is 4. The van der Waals surface area contributed by atoms with E-state index in [9.17, 15) is 4.79 Å². The molecule has 0 radical (unpaired) electrons. The lowest BCUT2D eigenvalue weighted by atomic mass is 9.86. The van der Waals surface area contributed by atoms with Gasteiger partial charge in [-0.05, 0) is 31.3 Å². The summed E-state index contributed by atoms with van der Waals surface area (Å²) in [4.78, 5) is 22.5. The van der Waals surface area contributed by atoms with Crippen LogP contribution < -0.4 is 5.32 Å². The zero-order valence-electron chi connectivity index (χ0n) is 12.6. The summed E-state index contributed by atoms with van der Waals surface area (Å²) in [5.74, 6) is -0.0929. The van der Waals surface area contributed by atoms with E-state index < -0.39 is 0 Å². The molecule has 0 unspecified atom stereocenters. The monoisotopic (exact) mass is 276 g/mol. The normalized spacial score (nSPS) is 17.9. The quantitative estimate of drug-likeness (QED) is 0.909. The first-order valence-corrected chi connectivity index (χ1v) is 7.25. The number of nitrogens with zero attached hydrogens (tertiary/aromatic N) is 3. The lowest BCUT2D eigenvalue weighted by Crippen LogP contribution is -2.50. The van der Waals surface area contributed by atoms with Crippen molar-refractivity contribution < 1.29 is 4.79 Å². The molecule has 0 aliphatic carbocycles. The summed E-state index contributed by atoms with van der Waals surface area (Å²) in [6, 6.07) is 0.119. The summed E-state index contributed by atoms with van der Waals surface area (Å²) in [6.07, 6.45) is 7.06. The van der Waals surface area contributed by atoms with E-state index in [0.717, 1.165) is 19.6 Å². The average Bonchev–Trinajstić information content (AvgIpc) is 2.91. The van der Waals surface area contributed by atoms with Gasteiger partial charge in [-0.3, -0.25) is 4.79 Å².